The standard InChI is InChI=1S/C11H20N4O2S/c1-8(11(2,3)4)5-15-18(16,17)9-6-13-10(12)14-7-9/h6-8,15H,5H2,1-4H3,(H2,12,13,14). The molecule has 3 N–H and O–H groups in total. The van der Waals surface area contributed by atoms with Crippen LogP contribution in [-0.2, 0) is 10.0 Å². The van der Waals surface area contributed by atoms with Gasteiger partial charge in [0.1, 0.15) is 4.90 Å². The highest BCUT2D eigenvalue weighted by atomic mass is 32.2. The van der Waals surface area contributed by atoms with E-state index in [1.807, 2.05) is 6.92 Å². The first-order valence-electron chi connectivity index (χ1n) is 5.70. The Labute approximate surface area is 108 Å². The lowest BCUT2D eigenvalue weighted by molar-refractivity contribution is 0.263. The maximum absolute atomic E-state index is 11.9. The molecule has 1 unspecified atom stereocenters. The summed E-state index contributed by atoms with van der Waals surface area (Å²) >= 11 is 0. The lowest BCUT2D eigenvalue weighted by atomic mass is 9.82. The smallest absolute Gasteiger partial charge is 0.243 e. The molecule has 6 nitrogen and oxygen atoms in total. The Morgan fingerprint density at radius 1 is 1.33 bits per heavy atom. The molecule has 0 aliphatic carbocycles. The zero-order valence-corrected chi connectivity index (χ0v) is 12.0. The van der Waals surface area contributed by atoms with E-state index in [1.54, 1.807) is 0 Å². The van der Waals surface area contributed by atoms with Crippen LogP contribution in [0.25, 0.3) is 0 Å². The fraction of sp³-hybridized carbons (Fsp3) is 0.636. The van der Waals surface area contributed by atoms with Gasteiger partial charge in [-0.3, -0.25) is 0 Å². The molecular weight excluding hydrogens is 252 g/mol. The van der Waals surface area contributed by atoms with Gasteiger partial charge in [0.05, 0.1) is 12.4 Å². The Morgan fingerprint density at radius 3 is 2.28 bits per heavy atom. The van der Waals surface area contributed by atoms with Crippen LogP contribution in [0.4, 0.5) is 5.95 Å². The molecule has 0 aliphatic heterocycles. The fourth-order valence-corrected chi connectivity index (χ4v) is 2.11. The summed E-state index contributed by atoms with van der Waals surface area (Å²) in [5.74, 6) is 0.263. The van der Waals surface area contributed by atoms with Crippen LogP contribution in [0.2, 0.25) is 0 Å². The number of hydrogen-bond acceptors (Lipinski definition) is 5. The van der Waals surface area contributed by atoms with Gasteiger partial charge in [0.2, 0.25) is 16.0 Å². The minimum atomic E-state index is -3.56. The van der Waals surface area contributed by atoms with E-state index < -0.39 is 10.0 Å². The van der Waals surface area contributed by atoms with Gasteiger partial charge in [-0.05, 0) is 11.3 Å². The summed E-state index contributed by atoms with van der Waals surface area (Å²) in [6.45, 7) is 8.58. The van der Waals surface area contributed by atoms with Gasteiger partial charge in [0.15, 0.2) is 0 Å². The van der Waals surface area contributed by atoms with Crippen molar-refractivity contribution in [2.24, 2.45) is 11.3 Å². The van der Waals surface area contributed by atoms with Crippen LogP contribution in [0.3, 0.4) is 0 Å². The molecular formula is C11H20N4O2S. The van der Waals surface area contributed by atoms with Crippen LogP contribution in [0.1, 0.15) is 27.7 Å². The molecule has 0 saturated heterocycles. The van der Waals surface area contributed by atoms with Crippen molar-refractivity contribution in [3.05, 3.63) is 12.4 Å². The van der Waals surface area contributed by atoms with Gasteiger partial charge in [0.25, 0.3) is 0 Å². The molecule has 18 heavy (non-hydrogen) atoms. The molecule has 0 amide bonds. The molecule has 0 bridgehead atoms. The topological polar surface area (TPSA) is 98.0 Å². The zero-order valence-electron chi connectivity index (χ0n) is 11.1. The molecule has 7 heteroatoms. The van der Waals surface area contributed by atoms with Crippen molar-refractivity contribution in [3.63, 3.8) is 0 Å². The number of nitrogens with two attached hydrogens (primary N) is 1. The molecule has 0 radical (unpaired) electrons. The number of aromatic nitrogens is 2. The quantitative estimate of drug-likeness (QED) is 0.852. The summed E-state index contributed by atoms with van der Waals surface area (Å²) < 4.78 is 26.4. The highest BCUT2D eigenvalue weighted by molar-refractivity contribution is 7.89. The Kier molecular flexibility index (Phi) is 4.28. The predicted molar refractivity (Wildman–Crippen MR) is 70.3 cm³/mol. The van der Waals surface area contributed by atoms with Crippen molar-refractivity contribution in [3.8, 4) is 0 Å². The number of anilines is 1. The summed E-state index contributed by atoms with van der Waals surface area (Å²) in [5.41, 5.74) is 5.35. The van der Waals surface area contributed by atoms with Crippen LogP contribution < -0.4 is 10.5 Å². The summed E-state index contributed by atoms with van der Waals surface area (Å²) in [6.07, 6.45) is 2.40. The van der Waals surface area contributed by atoms with Crippen molar-refractivity contribution in [1.82, 2.24) is 14.7 Å². The molecule has 0 aliphatic rings. The lowest BCUT2D eigenvalue weighted by Gasteiger charge is -2.27. The molecule has 1 aromatic heterocycles. The number of rotatable bonds is 4. The summed E-state index contributed by atoms with van der Waals surface area (Å²) in [7, 11) is -3.56. The van der Waals surface area contributed by atoms with Crippen LogP contribution in [0.5, 0.6) is 0 Å². The van der Waals surface area contributed by atoms with E-state index in [9.17, 15) is 8.42 Å². The van der Waals surface area contributed by atoms with Gasteiger partial charge >= 0.3 is 0 Å². The van der Waals surface area contributed by atoms with Gasteiger partial charge in [-0.1, -0.05) is 27.7 Å². The zero-order chi connectivity index (χ0) is 14.0. The van der Waals surface area contributed by atoms with Crippen LogP contribution in [0.15, 0.2) is 17.3 Å². The van der Waals surface area contributed by atoms with E-state index in [2.05, 4.69) is 35.5 Å². The van der Waals surface area contributed by atoms with Crippen molar-refractivity contribution >= 4 is 16.0 Å². The summed E-state index contributed by atoms with van der Waals surface area (Å²) in [5, 5.41) is 0. The van der Waals surface area contributed by atoms with Crippen LogP contribution in [-0.4, -0.2) is 24.9 Å². The van der Waals surface area contributed by atoms with Crippen LogP contribution >= 0.6 is 0 Å². The fourth-order valence-electron chi connectivity index (χ4n) is 1.09. The number of sulfonamides is 1. The third-order valence-corrected chi connectivity index (χ3v) is 4.39. The van der Waals surface area contributed by atoms with Crippen molar-refractivity contribution < 1.29 is 8.42 Å². The summed E-state index contributed by atoms with van der Waals surface area (Å²) in [4.78, 5) is 7.36. The minimum absolute atomic E-state index is 0.0257. The Balaban J connectivity index is 2.75. The second kappa shape index (κ2) is 5.19. The van der Waals surface area contributed by atoms with Gasteiger partial charge < -0.3 is 5.73 Å². The van der Waals surface area contributed by atoms with E-state index >= 15 is 0 Å². The first kappa shape index (κ1) is 14.8. The number of nitrogens with one attached hydrogen (secondary N) is 1. The highest BCUT2D eigenvalue weighted by Gasteiger charge is 2.23. The van der Waals surface area contributed by atoms with E-state index in [1.165, 1.54) is 12.4 Å². The minimum Gasteiger partial charge on any atom is -0.368 e. The number of nitrogens with zero attached hydrogens (tertiary/aromatic N) is 2. The second-order valence-corrected chi connectivity index (χ2v) is 7.16. The number of nitrogen functional groups attached to an aromatic ring is 1. The van der Waals surface area contributed by atoms with Crippen molar-refractivity contribution in [2.45, 2.75) is 32.6 Å². The van der Waals surface area contributed by atoms with Crippen molar-refractivity contribution in [1.29, 1.82) is 0 Å². The van der Waals surface area contributed by atoms with E-state index in [4.69, 9.17) is 5.73 Å². The highest BCUT2D eigenvalue weighted by Crippen LogP contribution is 2.24. The third kappa shape index (κ3) is 3.92. The van der Waals surface area contributed by atoms with Gasteiger partial charge in [0, 0.05) is 6.54 Å². The molecule has 0 aromatic carbocycles. The maximum atomic E-state index is 11.9. The Morgan fingerprint density at radius 2 is 1.83 bits per heavy atom. The van der Waals surface area contributed by atoms with Crippen molar-refractivity contribution in [2.75, 3.05) is 12.3 Å². The first-order chi connectivity index (χ1) is 8.13. The van der Waals surface area contributed by atoms with E-state index in [0.29, 0.717) is 6.54 Å². The molecule has 1 aromatic rings. The molecule has 102 valence electrons. The van der Waals surface area contributed by atoms with Crippen LogP contribution in [0, 0.1) is 11.3 Å². The third-order valence-electron chi connectivity index (χ3n) is 3.02. The normalized spacial score (nSPS) is 14.4. The van der Waals surface area contributed by atoms with Gasteiger partial charge in [-0.15, -0.1) is 0 Å². The molecule has 0 fully saturated rings. The maximum Gasteiger partial charge on any atom is 0.243 e. The second-order valence-electron chi connectivity index (χ2n) is 5.40. The molecule has 1 atom stereocenters. The Bertz CT molecular complexity index is 491. The predicted octanol–water partition coefficient (Wildman–Crippen LogP) is 1.02. The molecule has 1 rings (SSSR count). The van der Waals surface area contributed by atoms with Gasteiger partial charge in [-0.25, -0.2) is 23.1 Å². The number of hydrogen-bond donors (Lipinski definition) is 2. The molecule has 1 heterocycles. The largest absolute Gasteiger partial charge is 0.368 e. The van der Waals surface area contributed by atoms with Gasteiger partial charge in [-0.2, -0.15) is 0 Å². The average molecular weight is 272 g/mol. The first-order valence-corrected chi connectivity index (χ1v) is 7.18. The average Bonchev–Trinajstić information content (AvgIpc) is 2.25. The van der Waals surface area contributed by atoms with E-state index in [-0.39, 0.29) is 22.2 Å². The molecule has 0 spiro atoms. The monoisotopic (exact) mass is 272 g/mol. The lowest BCUT2D eigenvalue weighted by Crippen LogP contribution is -2.33. The summed E-state index contributed by atoms with van der Waals surface area (Å²) in [6, 6.07) is 0. The Hall–Kier alpha value is -1.21. The van der Waals surface area contributed by atoms with E-state index in [0.717, 1.165) is 0 Å². The SMILES string of the molecule is CC(CNS(=O)(=O)c1cnc(N)nc1)C(C)(C)C. The molecule has 0 saturated carbocycles.